The Morgan fingerprint density at radius 2 is 2.05 bits per heavy atom. The van der Waals surface area contributed by atoms with E-state index in [1.165, 1.54) is 32.1 Å². The minimum atomic E-state index is 0.452. The molecular weight excluding hydrogens is 250 g/mol. The van der Waals surface area contributed by atoms with Crippen molar-refractivity contribution in [3.8, 4) is 0 Å². The Balaban J connectivity index is 1.83. The van der Waals surface area contributed by atoms with Crippen molar-refractivity contribution in [3.05, 3.63) is 12.3 Å². The summed E-state index contributed by atoms with van der Waals surface area (Å²) < 4.78 is 0. The maximum absolute atomic E-state index is 4.57. The number of hydrogen-bond acceptors (Lipinski definition) is 4. The third kappa shape index (κ3) is 2.57. The zero-order valence-corrected chi connectivity index (χ0v) is 12.2. The lowest BCUT2D eigenvalue weighted by atomic mass is 9.84. The predicted octanol–water partition coefficient (Wildman–Crippen LogP) is 3.38. The molecule has 0 spiro atoms. The van der Waals surface area contributed by atoms with Crippen molar-refractivity contribution in [1.29, 1.82) is 0 Å². The SMILES string of the molecule is CNc1nc(NC(C)C2CCCCC2)c2cc[nH]c2n1. The standard InChI is InChI=1S/C15H23N5/c1-10(11-6-4-3-5-7-11)18-14-12-8-9-17-13(12)19-15(16-2)20-14/h8-11H,3-7H2,1-2H3,(H3,16,17,18,19,20). The smallest absolute Gasteiger partial charge is 0.226 e. The highest BCUT2D eigenvalue weighted by Gasteiger charge is 2.21. The molecule has 1 unspecified atom stereocenters. The molecule has 1 atom stereocenters. The molecule has 0 radical (unpaired) electrons. The van der Waals surface area contributed by atoms with Gasteiger partial charge in [0.1, 0.15) is 11.5 Å². The molecule has 0 saturated heterocycles. The molecule has 0 aliphatic heterocycles. The van der Waals surface area contributed by atoms with Crippen LogP contribution in [-0.2, 0) is 0 Å². The van der Waals surface area contributed by atoms with Gasteiger partial charge in [0.05, 0.1) is 5.39 Å². The van der Waals surface area contributed by atoms with Gasteiger partial charge < -0.3 is 15.6 Å². The largest absolute Gasteiger partial charge is 0.367 e. The van der Waals surface area contributed by atoms with Crippen molar-refractivity contribution in [2.75, 3.05) is 17.7 Å². The average Bonchev–Trinajstić information content (AvgIpc) is 2.96. The number of H-pyrrole nitrogens is 1. The molecular formula is C15H23N5. The summed E-state index contributed by atoms with van der Waals surface area (Å²) in [4.78, 5) is 12.1. The summed E-state index contributed by atoms with van der Waals surface area (Å²) in [7, 11) is 1.85. The zero-order valence-electron chi connectivity index (χ0n) is 12.2. The number of hydrogen-bond donors (Lipinski definition) is 3. The Bertz CT molecular complexity index is 571. The monoisotopic (exact) mass is 273 g/mol. The van der Waals surface area contributed by atoms with Crippen molar-refractivity contribution < 1.29 is 0 Å². The molecule has 5 nitrogen and oxygen atoms in total. The van der Waals surface area contributed by atoms with E-state index in [1.54, 1.807) is 0 Å². The second-order valence-electron chi connectivity index (χ2n) is 5.72. The summed E-state index contributed by atoms with van der Waals surface area (Å²) in [6.07, 6.45) is 8.68. The summed E-state index contributed by atoms with van der Waals surface area (Å²) in [6, 6.07) is 2.48. The number of rotatable bonds is 4. The molecule has 2 aromatic heterocycles. The minimum absolute atomic E-state index is 0.452. The summed E-state index contributed by atoms with van der Waals surface area (Å²) in [5, 5.41) is 7.69. The van der Waals surface area contributed by atoms with Crippen molar-refractivity contribution in [3.63, 3.8) is 0 Å². The van der Waals surface area contributed by atoms with Crippen LogP contribution in [0.1, 0.15) is 39.0 Å². The molecule has 0 aromatic carbocycles. The van der Waals surface area contributed by atoms with Crippen molar-refractivity contribution in [1.82, 2.24) is 15.0 Å². The van der Waals surface area contributed by atoms with Gasteiger partial charge in [0, 0.05) is 19.3 Å². The summed E-state index contributed by atoms with van der Waals surface area (Å²) in [6.45, 7) is 2.27. The van der Waals surface area contributed by atoms with E-state index in [2.05, 4.69) is 32.5 Å². The van der Waals surface area contributed by atoms with Crippen LogP contribution in [0.25, 0.3) is 11.0 Å². The number of nitrogens with zero attached hydrogens (tertiary/aromatic N) is 2. The Kier molecular flexibility index (Phi) is 3.76. The van der Waals surface area contributed by atoms with Crippen LogP contribution in [0.4, 0.5) is 11.8 Å². The van der Waals surface area contributed by atoms with Crippen LogP contribution in [0.3, 0.4) is 0 Å². The molecule has 2 aromatic rings. The molecule has 3 N–H and O–H groups in total. The van der Waals surface area contributed by atoms with Gasteiger partial charge in [-0.1, -0.05) is 19.3 Å². The molecule has 108 valence electrons. The zero-order chi connectivity index (χ0) is 13.9. The Morgan fingerprint density at radius 3 is 2.80 bits per heavy atom. The quantitative estimate of drug-likeness (QED) is 0.799. The van der Waals surface area contributed by atoms with E-state index in [0.717, 1.165) is 22.8 Å². The fraction of sp³-hybridized carbons (Fsp3) is 0.600. The van der Waals surface area contributed by atoms with E-state index >= 15 is 0 Å². The third-order valence-corrected chi connectivity index (χ3v) is 4.36. The average molecular weight is 273 g/mol. The van der Waals surface area contributed by atoms with Crippen molar-refractivity contribution in [2.45, 2.75) is 45.1 Å². The second-order valence-corrected chi connectivity index (χ2v) is 5.72. The predicted molar refractivity (Wildman–Crippen MR) is 83.1 cm³/mol. The maximum Gasteiger partial charge on any atom is 0.226 e. The van der Waals surface area contributed by atoms with Crippen LogP contribution in [0, 0.1) is 5.92 Å². The molecule has 3 rings (SSSR count). The van der Waals surface area contributed by atoms with Crippen molar-refractivity contribution in [2.24, 2.45) is 5.92 Å². The van der Waals surface area contributed by atoms with Gasteiger partial charge in [-0.3, -0.25) is 0 Å². The molecule has 5 heteroatoms. The van der Waals surface area contributed by atoms with Gasteiger partial charge in [-0.2, -0.15) is 9.97 Å². The van der Waals surface area contributed by atoms with Gasteiger partial charge in [-0.05, 0) is 31.7 Å². The molecule has 0 amide bonds. The van der Waals surface area contributed by atoms with Crippen LogP contribution < -0.4 is 10.6 Å². The van der Waals surface area contributed by atoms with E-state index in [0.29, 0.717) is 12.0 Å². The molecule has 1 aliphatic carbocycles. The lowest BCUT2D eigenvalue weighted by Gasteiger charge is -2.28. The van der Waals surface area contributed by atoms with E-state index in [4.69, 9.17) is 0 Å². The van der Waals surface area contributed by atoms with Gasteiger partial charge in [-0.25, -0.2) is 0 Å². The van der Waals surface area contributed by atoms with E-state index < -0.39 is 0 Å². The van der Waals surface area contributed by atoms with Gasteiger partial charge >= 0.3 is 0 Å². The first-order chi connectivity index (χ1) is 9.78. The maximum atomic E-state index is 4.57. The second kappa shape index (κ2) is 5.69. The topological polar surface area (TPSA) is 65.6 Å². The van der Waals surface area contributed by atoms with E-state index in [1.807, 2.05) is 19.3 Å². The Labute approximate surface area is 119 Å². The number of aromatic nitrogens is 3. The number of nitrogens with one attached hydrogen (secondary N) is 3. The van der Waals surface area contributed by atoms with Gasteiger partial charge in [-0.15, -0.1) is 0 Å². The minimum Gasteiger partial charge on any atom is -0.367 e. The number of fused-ring (bicyclic) bond motifs is 1. The summed E-state index contributed by atoms with van der Waals surface area (Å²) in [5.74, 6) is 2.34. The van der Waals surface area contributed by atoms with Crippen LogP contribution in [0.15, 0.2) is 12.3 Å². The highest BCUT2D eigenvalue weighted by Crippen LogP contribution is 2.29. The van der Waals surface area contributed by atoms with E-state index in [-0.39, 0.29) is 0 Å². The van der Waals surface area contributed by atoms with Gasteiger partial charge in [0.25, 0.3) is 0 Å². The van der Waals surface area contributed by atoms with Crippen LogP contribution >= 0.6 is 0 Å². The number of anilines is 2. The highest BCUT2D eigenvalue weighted by atomic mass is 15.2. The van der Waals surface area contributed by atoms with E-state index in [9.17, 15) is 0 Å². The lowest BCUT2D eigenvalue weighted by Crippen LogP contribution is -2.28. The number of aromatic amines is 1. The highest BCUT2D eigenvalue weighted by molar-refractivity contribution is 5.88. The normalized spacial score (nSPS) is 18.1. The molecule has 1 fully saturated rings. The first-order valence-corrected chi connectivity index (χ1v) is 7.57. The molecule has 1 aliphatic rings. The molecule has 20 heavy (non-hydrogen) atoms. The van der Waals surface area contributed by atoms with Crippen LogP contribution in [0.5, 0.6) is 0 Å². The third-order valence-electron chi connectivity index (χ3n) is 4.36. The van der Waals surface area contributed by atoms with Crippen LogP contribution in [-0.4, -0.2) is 28.0 Å². The summed E-state index contributed by atoms with van der Waals surface area (Å²) >= 11 is 0. The Hall–Kier alpha value is -1.78. The molecule has 2 heterocycles. The van der Waals surface area contributed by atoms with Gasteiger partial charge in [0.15, 0.2) is 0 Å². The molecule has 0 bridgehead atoms. The fourth-order valence-electron chi connectivity index (χ4n) is 3.13. The fourth-order valence-corrected chi connectivity index (χ4v) is 3.13. The Morgan fingerprint density at radius 1 is 1.25 bits per heavy atom. The molecule has 1 saturated carbocycles. The first-order valence-electron chi connectivity index (χ1n) is 7.57. The lowest BCUT2D eigenvalue weighted by molar-refractivity contribution is 0.328. The summed E-state index contributed by atoms with van der Waals surface area (Å²) in [5.41, 5.74) is 0.877. The van der Waals surface area contributed by atoms with Gasteiger partial charge in [0.2, 0.25) is 5.95 Å². The van der Waals surface area contributed by atoms with Crippen LogP contribution in [0.2, 0.25) is 0 Å². The first kappa shape index (κ1) is 13.2. The van der Waals surface area contributed by atoms with Crippen molar-refractivity contribution >= 4 is 22.8 Å².